The van der Waals surface area contributed by atoms with E-state index in [1.165, 1.54) is 7.11 Å². The molecule has 0 aromatic carbocycles. The highest BCUT2D eigenvalue weighted by atomic mass is 31.1. The Morgan fingerprint density at radius 1 is 1.57 bits per heavy atom. The Bertz CT molecular complexity index is 70.1. The zero-order valence-electron chi connectivity index (χ0n) is 4.84. The van der Waals surface area contributed by atoms with Gasteiger partial charge in [0.1, 0.15) is 0 Å². The summed E-state index contributed by atoms with van der Waals surface area (Å²) in [5.74, 6) is 0. The molecule has 0 amide bonds. The lowest BCUT2D eigenvalue weighted by Gasteiger charge is -1.80. The van der Waals surface area contributed by atoms with Crippen LogP contribution in [0.25, 0.3) is 0 Å². The van der Waals surface area contributed by atoms with Gasteiger partial charge in [-0.3, -0.25) is 0 Å². The highest BCUT2D eigenvalue weighted by Crippen LogP contribution is 2.26. The Hall–Kier alpha value is 0.0600. The monoisotopic (exact) mass is 121 g/mol. The van der Waals surface area contributed by atoms with Gasteiger partial charge in [0.15, 0.2) is 5.66 Å². The third kappa shape index (κ3) is 2.72. The number of hydrogen-bond donors (Lipinski definition) is 0. The van der Waals surface area contributed by atoms with Gasteiger partial charge >= 0.3 is 8.03 Å². The van der Waals surface area contributed by atoms with Gasteiger partial charge in [0.05, 0.1) is 7.11 Å². The van der Waals surface area contributed by atoms with Crippen molar-refractivity contribution >= 4 is 8.03 Å². The van der Waals surface area contributed by atoms with Crippen LogP contribution in [-0.4, -0.2) is 12.8 Å². The molecule has 0 bridgehead atoms. The predicted octanol–water partition coefficient (Wildman–Crippen LogP) is 1.78. The molecule has 2 nitrogen and oxygen atoms in total. The van der Waals surface area contributed by atoms with Crippen LogP contribution in [0.15, 0.2) is 0 Å². The maximum atomic E-state index is 10.4. The van der Waals surface area contributed by atoms with E-state index in [2.05, 4.69) is 4.52 Å². The molecule has 3 heteroatoms. The maximum Gasteiger partial charge on any atom is 0.510 e. The minimum absolute atomic E-state index is 0.153. The maximum absolute atomic E-state index is 10.4. The van der Waals surface area contributed by atoms with Crippen molar-refractivity contribution < 1.29 is 9.09 Å². The largest absolute Gasteiger partial charge is 0.510 e. The quantitative estimate of drug-likeness (QED) is 0.520. The molecule has 0 fully saturated rings. The van der Waals surface area contributed by atoms with Crippen molar-refractivity contribution in [1.82, 2.24) is 0 Å². The van der Waals surface area contributed by atoms with E-state index in [1.807, 2.05) is 13.8 Å². The van der Waals surface area contributed by atoms with Crippen molar-refractivity contribution in [1.29, 1.82) is 0 Å². The Kier molecular flexibility index (Phi) is 3.14. The van der Waals surface area contributed by atoms with E-state index in [9.17, 15) is 4.57 Å². The number of rotatable bonds is 2. The fourth-order valence-electron chi connectivity index (χ4n) is 0.211. The second kappa shape index (κ2) is 3.11. The Morgan fingerprint density at radius 3 is 2.00 bits per heavy atom. The Labute approximate surface area is 44.7 Å². The zero-order valence-corrected chi connectivity index (χ0v) is 5.74. The molecule has 1 atom stereocenters. The van der Waals surface area contributed by atoms with Gasteiger partial charge in [0.2, 0.25) is 0 Å². The highest BCUT2D eigenvalue weighted by Gasteiger charge is 2.19. The molecular formula is C4H10O2P+. The van der Waals surface area contributed by atoms with Crippen molar-refractivity contribution in [3.63, 3.8) is 0 Å². The normalized spacial score (nSPS) is 12.3. The second-order valence-corrected chi connectivity index (χ2v) is 3.53. The lowest BCUT2D eigenvalue weighted by atomic mass is 10.6. The van der Waals surface area contributed by atoms with Gasteiger partial charge in [-0.15, -0.1) is 4.52 Å². The minimum Gasteiger partial charge on any atom is -0.149 e. The molecule has 0 aliphatic rings. The van der Waals surface area contributed by atoms with Crippen LogP contribution in [0.1, 0.15) is 13.8 Å². The SMILES string of the molecule is CO[P+](=O)C(C)C. The van der Waals surface area contributed by atoms with Crippen LogP contribution in [0.5, 0.6) is 0 Å². The average Bonchev–Trinajstić information content (AvgIpc) is 1.65. The summed E-state index contributed by atoms with van der Waals surface area (Å²) < 4.78 is 15.0. The predicted molar refractivity (Wildman–Crippen MR) is 29.8 cm³/mol. The molecule has 0 spiro atoms. The Balaban J connectivity index is 3.35. The molecule has 0 radical (unpaired) electrons. The van der Waals surface area contributed by atoms with Gasteiger partial charge in [-0.25, -0.2) is 0 Å². The van der Waals surface area contributed by atoms with Crippen molar-refractivity contribution in [3.8, 4) is 0 Å². The van der Waals surface area contributed by atoms with Crippen LogP contribution in [0.4, 0.5) is 0 Å². The van der Waals surface area contributed by atoms with Crippen LogP contribution in [0.3, 0.4) is 0 Å². The van der Waals surface area contributed by atoms with Crippen molar-refractivity contribution in [2.75, 3.05) is 7.11 Å². The van der Waals surface area contributed by atoms with E-state index in [0.29, 0.717) is 0 Å². The van der Waals surface area contributed by atoms with Gasteiger partial charge < -0.3 is 0 Å². The molecule has 0 saturated carbocycles. The van der Waals surface area contributed by atoms with Crippen LogP contribution in [0, 0.1) is 0 Å². The second-order valence-electron chi connectivity index (χ2n) is 1.56. The summed E-state index contributed by atoms with van der Waals surface area (Å²) in [6, 6.07) is 0. The van der Waals surface area contributed by atoms with E-state index in [0.717, 1.165) is 0 Å². The summed E-state index contributed by atoms with van der Waals surface area (Å²) >= 11 is 0. The first-order valence-corrected chi connectivity index (χ1v) is 3.43. The topological polar surface area (TPSA) is 26.3 Å². The molecular weight excluding hydrogens is 111 g/mol. The van der Waals surface area contributed by atoms with Gasteiger partial charge in [-0.2, -0.15) is 0 Å². The summed E-state index contributed by atoms with van der Waals surface area (Å²) in [6.45, 7) is 3.73. The van der Waals surface area contributed by atoms with E-state index >= 15 is 0 Å². The molecule has 0 aliphatic heterocycles. The lowest BCUT2D eigenvalue weighted by Crippen LogP contribution is -1.85. The van der Waals surface area contributed by atoms with Crippen LogP contribution < -0.4 is 0 Å². The fraction of sp³-hybridized carbons (Fsp3) is 1.00. The third-order valence-corrected chi connectivity index (χ3v) is 1.80. The molecule has 0 heterocycles. The molecule has 0 aliphatic carbocycles. The van der Waals surface area contributed by atoms with Crippen LogP contribution >= 0.6 is 8.03 Å². The van der Waals surface area contributed by atoms with Gasteiger partial charge in [0, 0.05) is 0 Å². The molecule has 0 rings (SSSR count). The van der Waals surface area contributed by atoms with E-state index < -0.39 is 8.03 Å². The van der Waals surface area contributed by atoms with Crippen molar-refractivity contribution in [2.45, 2.75) is 19.5 Å². The molecule has 0 aromatic rings. The molecule has 42 valence electrons. The van der Waals surface area contributed by atoms with Crippen molar-refractivity contribution in [3.05, 3.63) is 0 Å². The highest BCUT2D eigenvalue weighted by molar-refractivity contribution is 7.39. The van der Waals surface area contributed by atoms with Crippen LogP contribution in [-0.2, 0) is 9.09 Å². The molecule has 1 unspecified atom stereocenters. The molecule has 0 saturated heterocycles. The smallest absolute Gasteiger partial charge is 0.149 e. The molecule has 7 heavy (non-hydrogen) atoms. The Morgan fingerprint density at radius 2 is 2.00 bits per heavy atom. The molecule has 0 aromatic heterocycles. The molecule has 0 N–H and O–H groups in total. The minimum atomic E-state index is -1.39. The summed E-state index contributed by atoms with van der Waals surface area (Å²) in [5.41, 5.74) is 0.153. The summed E-state index contributed by atoms with van der Waals surface area (Å²) in [7, 11) is 0.0697. The van der Waals surface area contributed by atoms with E-state index in [1.54, 1.807) is 0 Å². The fourth-order valence-corrected chi connectivity index (χ4v) is 0.632. The average molecular weight is 121 g/mol. The first-order chi connectivity index (χ1) is 3.18. The van der Waals surface area contributed by atoms with Gasteiger partial charge in [0.25, 0.3) is 0 Å². The first kappa shape index (κ1) is 7.06. The van der Waals surface area contributed by atoms with E-state index in [4.69, 9.17) is 0 Å². The van der Waals surface area contributed by atoms with Crippen LogP contribution in [0.2, 0.25) is 0 Å². The summed E-state index contributed by atoms with van der Waals surface area (Å²) in [6.07, 6.45) is 0. The zero-order chi connectivity index (χ0) is 5.86. The summed E-state index contributed by atoms with van der Waals surface area (Å²) in [4.78, 5) is 0. The third-order valence-electron chi connectivity index (χ3n) is 0.602. The lowest BCUT2D eigenvalue weighted by molar-refractivity contribution is 0.408. The van der Waals surface area contributed by atoms with Crippen molar-refractivity contribution in [2.24, 2.45) is 0 Å². The van der Waals surface area contributed by atoms with Gasteiger partial charge in [-0.1, -0.05) is 0 Å². The van der Waals surface area contributed by atoms with Gasteiger partial charge in [-0.05, 0) is 18.4 Å². The standard InChI is InChI=1S/C4H10O2P/c1-4(2)7(5)6-3/h4H,1-3H3/q+1. The van der Waals surface area contributed by atoms with E-state index in [-0.39, 0.29) is 5.66 Å². The summed E-state index contributed by atoms with van der Waals surface area (Å²) in [5, 5.41) is 0. The number of hydrogen-bond acceptors (Lipinski definition) is 2. The first-order valence-electron chi connectivity index (χ1n) is 2.19.